The lowest BCUT2D eigenvalue weighted by atomic mass is 9.97. The van der Waals surface area contributed by atoms with Crippen LogP contribution in [-0.2, 0) is 5.54 Å². The van der Waals surface area contributed by atoms with Gasteiger partial charge in [-0.3, -0.25) is 5.10 Å². The number of nitrogens with two attached hydrogens (primary N) is 1. The third kappa shape index (κ3) is 1.91. The van der Waals surface area contributed by atoms with Crippen LogP contribution < -0.4 is 5.73 Å². The summed E-state index contributed by atoms with van der Waals surface area (Å²) in [6.07, 6.45) is 2.32. The van der Waals surface area contributed by atoms with Gasteiger partial charge < -0.3 is 5.73 Å². The Bertz CT molecular complexity index is 431. The zero-order valence-corrected chi connectivity index (χ0v) is 9.51. The number of nitrogens with zero attached hydrogens (tertiary/aromatic N) is 3. The molecule has 3 N–H and O–H groups in total. The van der Waals surface area contributed by atoms with Crippen LogP contribution in [-0.4, -0.2) is 20.2 Å². The summed E-state index contributed by atoms with van der Waals surface area (Å²) in [7, 11) is 0. The topological polar surface area (TPSA) is 80.5 Å². The number of rotatable bonds is 3. The maximum absolute atomic E-state index is 6.10. The Labute approximate surface area is 91.8 Å². The molecule has 2 aromatic heterocycles. The monoisotopic (exact) mass is 223 g/mol. The van der Waals surface area contributed by atoms with E-state index in [1.165, 1.54) is 17.7 Å². The summed E-state index contributed by atoms with van der Waals surface area (Å²) in [5.41, 5.74) is 6.64. The fourth-order valence-electron chi connectivity index (χ4n) is 1.13. The molecule has 0 fully saturated rings. The van der Waals surface area contributed by atoms with Gasteiger partial charge in [0.15, 0.2) is 10.8 Å². The summed E-state index contributed by atoms with van der Waals surface area (Å²) in [5, 5.41) is 9.37. The average Bonchev–Trinajstić information content (AvgIpc) is 2.88. The lowest BCUT2D eigenvalue weighted by molar-refractivity contribution is 0.464. The molecule has 0 bridgehead atoms. The van der Waals surface area contributed by atoms with E-state index in [0.717, 1.165) is 17.1 Å². The Hall–Kier alpha value is -1.27. The van der Waals surface area contributed by atoms with Gasteiger partial charge in [-0.2, -0.15) is 5.10 Å². The molecule has 0 spiro atoms. The predicted octanol–water partition coefficient (Wildman–Crippen LogP) is 1.51. The van der Waals surface area contributed by atoms with Crippen LogP contribution in [0.2, 0.25) is 0 Å². The van der Waals surface area contributed by atoms with Gasteiger partial charge >= 0.3 is 0 Å². The molecule has 15 heavy (non-hydrogen) atoms. The molecule has 0 aliphatic carbocycles. The van der Waals surface area contributed by atoms with Crippen LogP contribution in [0, 0.1) is 0 Å². The third-order valence-corrected chi connectivity index (χ3v) is 3.29. The maximum Gasteiger partial charge on any atom is 0.184 e. The first-order chi connectivity index (χ1) is 7.13. The van der Waals surface area contributed by atoms with Gasteiger partial charge in [0, 0.05) is 5.38 Å². The van der Waals surface area contributed by atoms with Crippen molar-refractivity contribution in [1.29, 1.82) is 0 Å². The number of aromatic nitrogens is 4. The Morgan fingerprint density at radius 3 is 3.00 bits per heavy atom. The van der Waals surface area contributed by atoms with E-state index in [2.05, 4.69) is 20.2 Å². The van der Waals surface area contributed by atoms with Crippen LogP contribution in [0.5, 0.6) is 0 Å². The molecule has 2 heterocycles. The van der Waals surface area contributed by atoms with E-state index in [0.29, 0.717) is 5.82 Å². The first kappa shape index (κ1) is 10.3. The van der Waals surface area contributed by atoms with Gasteiger partial charge in [-0.1, -0.05) is 6.92 Å². The van der Waals surface area contributed by atoms with Gasteiger partial charge in [0.05, 0.1) is 11.2 Å². The molecule has 0 saturated carbocycles. The molecule has 2 rings (SSSR count). The second-order valence-electron chi connectivity index (χ2n) is 3.64. The van der Waals surface area contributed by atoms with Crippen LogP contribution in [0.4, 0.5) is 0 Å². The van der Waals surface area contributed by atoms with Gasteiger partial charge in [-0.05, 0) is 13.3 Å². The smallest absolute Gasteiger partial charge is 0.184 e. The van der Waals surface area contributed by atoms with Crippen LogP contribution in [0.3, 0.4) is 0 Å². The summed E-state index contributed by atoms with van der Waals surface area (Å²) in [6, 6.07) is 0. The molecule has 1 atom stereocenters. The molecule has 2 aromatic rings. The fraction of sp³-hybridized carbons (Fsp3) is 0.444. The van der Waals surface area contributed by atoms with Crippen molar-refractivity contribution in [3.8, 4) is 10.8 Å². The summed E-state index contributed by atoms with van der Waals surface area (Å²) in [4.78, 5) is 8.50. The van der Waals surface area contributed by atoms with Crippen molar-refractivity contribution < 1.29 is 0 Å². The first-order valence-electron chi connectivity index (χ1n) is 4.74. The van der Waals surface area contributed by atoms with E-state index < -0.39 is 0 Å². The fourth-order valence-corrected chi connectivity index (χ4v) is 2.04. The predicted molar refractivity (Wildman–Crippen MR) is 59.3 cm³/mol. The van der Waals surface area contributed by atoms with E-state index in [1.54, 1.807) is 0 Å². The van der Waals surface area contributed by atoms with Gasteiger partial charge in [-0.25, -0.2) is 9.97 Å². The van der Waals surface area contributed by atoms with Crippen molar-refractivity contribution in [3.63, 3.8) is 0 Å². The van der Waals surface area contributed by atoms with Crippen molar-refractivity contribution >= 4 is 11.3 Å². The molecule has 0 aliphatic rings. The second kappa shape index (κ2) is 3.71. The molecule has 0 radical (unpaired) electrons. The Morgan fingerprint density at radius 2 is 2.40 bits per heavy atom. The van der Waals surface area contributed by atoms with Crippen LogP contribution in [0.25, 0.3) is 10.8 Å². The van der Waals surface area contributed by atoms with E-state index in [-0.39, 0.29) is 5.54 Å². The molecular weight excluding hydrogens is 210 g/mol. The molecular formula is C9H13N5S. The van der Waals surface area contributed by atoms with Crippen molar-refractivity contribution in [2.24, 2.45) is 5.73 Å². The van der Waals surface area contributed by atoms with Gasteiger partial charge in [0.2, 0.25) is 0 Å². The molecule has 80 valence electrons. The number of hydrogen-bond acceptors (Lipinski definition) is 5. The average molecular weight is 223 g/mol. The summed E-state index contributed by atoms with van der Waals surface area (Å²) >= 11 is 1.52. The van der Waals surface area contributed by atoms with Crippen molar-refractivity contribution in [3.05, 3.63) is 17.4 Å². The van der Waals surface area contributed by atoms with E-state index in [1.807, 2.05) is 19.2 Å². The summed E-state index contributed by atoms with van der Waals surface area (Å²) in [6.45, 7) is 4.03. The van der Waals surface area contributed by atoms with Crippen molar-refractivity contribution in [2.45, 2.75) is 25.8 Å². The third-order valence-electron chi connectivity index (χ3n) is 2.44. The zero-order valence-electron chi connectivity index (χ0n) is 8.69. The van der Waals surface area contributed by atoms with E-state index in [4.69, 9.17) is 5.73 Å². The Balaban J connectivity index is 2.33. The maximum atomic E-state index is 6.10. The second-order valence-corrected chi connectivity index (χ2v) is 4.50. The molecule has 0 saturated heterocycles. The normalized spacial score (nSPS) is 15.1. The number of aromatic amines is 1. The largest absolute Gasteiger partial charge is 0.320 e. The highest BCUT2D eigenvalue weighted by Gasteiger charge is 2.22. The number of nitrogens with one attached hydrogen (secondary N) is 1. The number of H-pyrrole nitrogens is 1. The van der Waals surface area contributed by atoms with Crippen LogP contribution >= 0.6 is 11.3 Å². The van der Waals surface area contributed by atoms with Crippen LogP contribution in [0.15, 0.2) is 11.7 Å². The lowest BCUT2D eigenvalue weighted by Crippen LogP contribution is -2.32. The molecule has 6 heteroatoms. The van der Waals surface area contributed by atoms with Gasteiger partial charge in [0.1, 0.15) is 6.33 Å². The van der Waals surface area contributed by atoms with Crippen LogP contribution in [0.1, 0.15) is 26.0 Å². The molecule has 0 aromatic carbocycles. The van der Waals surface area contributed by atoms with E-state index in [9.17, 15) is 0 Å². The highest BCUT2D eigenvalue weighted by atomic mass is 32.1. The lowest BCUT2D eigenvalue weighted by Gasteiger charge is -2.19. The van der Waals surface area contributed by atoms with Crippen molar-refractivity contribution in [1.82, 2.24) is 20.2 Å². The quantitative estimate of drug-likeness (QED) is 0.826. The molecule has 0 aliphatic heterocycles. The number of thiazole rings is 1. The van der Waals surface area contributed by atoms with Gasteiger partial charge in [-0.15, -0.1) is 11.3 Å². The molecule has 0 amide bonds. The minimum absolute atomic E-state index is 0.366. The van der Waals surface area contributed by atoms with Crippen molar-refractivity contribution in [2.75, 3.05) is 0 Å². The Kier molecular flexibility index (Phi) is 2.54. The van der Waals surface area contributed by atoms with Gasteiger partial charge in [0.25, 0.3) is 0 Å². The minimum Gasteiger partial charge on any atom is -0.320 e. The minimum atomic E-state index is -0.366. The zero-order chi connectivity index (χ0) is 10.9. The van der Waals surface area contributed by atoms with E-state index >= 15 is 0 Å². The first-order valence-corrected chi connectivity index (χ1v) is 5.62. The number of hydrogen-bond donors (Lipinski definition) is 2. The highest BCUT2D eigenvalue weighted by molar-refractivity contribution is 7.13. The highest BCUT2D eigenvalue weighted by Crippen LogP contribution is 2.26. The Morgan fingerprint density at radius 1 is 1.60 bits per heavy atom. The molecule has 1 unspecified atom stereocenters. The summed E-state index contributed by atoms with van der Waals surface area (Å²) in [5.74, 6) is 0.693. The standard InChI is InChI=1S/C9H13N5S/c1-3-9(2,10)6-4-15-8(13-6)7-11-5-12-14-7/h4-5H,3,10H2,1-2H3,(H,11,12,14). The summed E-state index contributed by atoms with van der Waals surface area (Å²) < 4.78 is 0. The SMILES string of the molecule is CCC(C)(N)c1csc(-c2ncn[nH]2)n1. The molecule has 5 nitrogen and oxygen atoms in total.